The van der Waals surface area contributed by atoms with E-state index in [1.807, 2.05) is 158 Å². The number of para-hydroxylation sites is 2. The van der Waals surface area contributed by atoms with Gasteiger partial charge in [-0.05, 0) is 313 Å². The van der Waals surface area contributed by atoms with Crippen LogP contribution in [0.4, 0.5) is 119 Å². The van der Waals surface area contributed by atoms with E-state index in [2.05, 4.69) is 408 Å². The summed E-state index contributed by atoms with van der Waals surface area (Å²) in [4.78, 5) is 24.7. The molecule has 24 rings (SSSR count). The minimum Gasteiger partial charge on any atom is -0.310 e. The Kier molecular flexibility index (Phi) is 25.3. The molecule has 0 N–H and O–H groups in total. The number of aryl methyl sites for hydroxylation is 1. The molecule has 0 unspecified atom stereocenters. The average Bonchev–Trinajstić information content (AvgIpc) is 0.725. The number of hydrogen-bond donors (Lipinski definition) is 0. The molecule has 0 atom stereocenters. The van der Waals surface area contributed by atoms with Gasteiger partial charge in [0.05, 0.1) is 96.8 Å². The van der Waals surface area contributed by atoms with Crippen LogP contribution >= 0.6 is 0 Å². The van der Waals surface area contributed by atoms with E-state index in [4.69, 9.17) is 19.7 Å². The number of anilines is 18. The molecule has 24 aromatic rings. The lowest BCUT2D eigenvalue weighted by Gasteiger charge is -2.29. The maximum atomic E-state index is 9.57. The quantitative estimate of drug-likeness (QED) is 0.0395. The highest BCUT2D eigenvalue weighted by Gasteiger charge is 2.29. The maximum Gasteiger partial charge on any atom is 0.187 e. The van der Waals surface area contributed by atoms with Crippen molar-refractivity contribution in [3.63, 3.8) is 0 Å². The SMILES string of the molecule is [C-]#[N+]c1ccc(N(c2ccc(C(C)C)cc2)c2ccc3ccc4c(N(c5ccc(C#N)cc5)c5ccc(C(C)C)cc5)ccc5ccc2c3c54)cc1.[C-]#[N+]c1ccc(N(c2ccc(C)cc2)c2ccc3ccc4c(N(c5ccc(C#N)cc5)c5ccc([Si](C)(C)C)cc5)ccc5ccc2c3c54)cc1.[C-]#[N+]c1ccc(N(c2ccccc2)c2ccc3ccc4c(N(c5ccccc5)c5ccc(C#N)cc5)ccc5ccc2c3c54)cc1. The van der Waals surface area contributed by atoms with Crippen LogP contribution in [0.25, 0.3) is 111 Å². The molecule has 0 spiro atoms. The van der Waals surface area contributed by atoms with Crippen LogP contribution in [0.15, 0.2) is 449 Å². The van der Waals surface area contributed by atoms with Gasteiger partial charge in [0, 0.05) is 101 Å². The standard InChI is InChI=1S/C48H38N4.C46H36N4Si.C42H26N4/c1-31(2)34-8-20-40(21-9-34)51(39-18-6-33(30-49)7-19-39)45-28-14-36-13-27-44-46(29-15-37-12-26-43(45)47(36)48(37)44)52(42-24-16-38(50-5)17-25-42)41-22-10-35(11-23-41)32(3)4;1-31-6-16-36(17-7-31)49(38-20-14-35(48-2)15-21-38)43-28-12-33-11-27-42-44(29-13-34-10-26-41(43)45(33)46(34)42)50(37-18-8-32(30-47)9-19-37)39-22-24-40(25-23-39)51(3,4)5;1-44-32-18-22-36(23-19-32)46(34-10-6-3-7-11-34)40-27-17-31-14-24-37-39(26-16-30-15-25-38(40)42(31)41(30)37)45(33-8-4-2-5-9-33)35-20-12-29(28-43)13-21-35/h6-29,31-32H,1-4H3;6-29H,1,3-5H3;2-27H. The first-order valence-electron chi connectivity index (χ1n) is 50.1. The number of rotatable bonds is 21. The Morgan fingerprint density at radius 1 is 0.215 bits per heavy atom. The van der Waals surface area contributed by atoms with E-state index >= 15 is 0 Å². The second-order valence-corrected chi connectivity index (χ2v) is 44.5. The van der Waals surface area contributed by atoms with Crippen LogP contribution in [0, 0.1) is 60.6 Å². The Labute approximate surface area is 869 Å². The lowest BCUT2D eigenvalue weighted by molar-refractivity contribution is 0.866. The first-order valence-corrected chi connectivity index (χ1v) is 53.6. The Bertz CT molecular complexity index is 9040. The van der Waals surface area contributed by atoms with Crippen molar-refractivity contribution in [1.29, 1.82) is 15.8 Å². The average molecular weight is 1930 g/mol. The van der Waals surface area contributed by atoms with Crippen LogP contribution in [0.1, 0.15) is 72.9 Å². The number of hydrogen-bond acceptors (Lipinski definition) is 9. The number of nitriles is 3. The fourth-order valence-corrected chi connectivity index (χ4v) is 22.3. The number of benzene rings is 24. The zero-order valence-electron chi connectivity index (χ0n) is 83.7. The summed E-state index contributed by atoms with van der Waals surface area (Å²) in [5.41, 5.74) is 26.3. The Balaban J connectivity index is 0.000000127. The van der Waals surface area contributed by atoms with Gasteiger partial charge < -0.3 is 29.4 Å². The van der Waals surface area contributed by atoms with Crippen molar-refractivity contribution in [2.24, 2.45) is 0 Å². The summed E-state index contributed by atoms with van der Waals surface area (Å²) in [6, 6.07) is 163. The molecule has 0 saturated heterocycles. The van der Waals surface area contributed by atoms with Crippen LogP contribution in [-0.4, -0.2) is 8.07 Å². The van der Waals surface area contributed by atoms with E-state index in [1.165, 1.54) is 86.5 Å². The van der Waals surface area contributed by atoms with Gasteiger partial charge in [-0.25, -0.2) is 14.5 Å². The summed E-state index contributed by atoms with van der Waals surface area (Å²) in [5, 5.41) is 51.3. The van der Waals surface area contributed by atoms with Gasteiger partial charge >= 0.3 is 0 Å². The molecular formula is C136H100N12Si. The van der Waals surface area contributed by atoms with Crippen LogP contribution in [0.2, 0.25) is 19.6 Å². The second-order valence-electron chi connectivity index (χ2n) is 39.4. The zero-order valence-corrected chi connectivity index (χ0v) is 84.7. The molecule has 0 aromatic heterocycles. The normalized spacial score (nSPS) is 11.3. The third-order valence-corrected chi connectivity index (χ3v) is 30.8. The van der Waals surface area contributed by atoms with Crippen LogP contribution in [0.5, 0.6) is 0 Å². The van der Waals surface area contributed by atoms with Gasteiger partial charge in [-0.1, -0.05) is 289 Å². The molecule has 12 nitrogen and oxygen atoms in total. The molecule has 0 aliphatic carbocycles. The van der Waals surface area contributed by atoms with Gasteiger partial charge in [-0.3, -0.25) is 0 Å². The minimum absolute atomic E-state index is 0.430. The van der Waals surface area contributed by atoms with Crippen LogP contribution < -0.4 is 34.6 Å². The molecular weight excluding hydrogens is 1830 g/mol. The molecule has 0 bridgehead atoms. The Morgan fingerprint density at radius 3 is 0.591 bits per heavy atom. The minimum atomic E-state index is -1.49. The molecule has 0 radical (unpaired) electrons. The summed E-state index contributed by atoms with van der Waals surface area (Å²) in [7, 11) is -1.49. The fourth-order valence-electron chi connectivity index (χ4n) is 21.1. The highest BCUT2D eigenvalue weighted by molar-refractivity contribution is 6.88. The van der Waals surface area contributed by atoms with Gasteiger partial charge in [0.15, 0.2) is 17.1 Å². The third-order valence-electron chi connectivity index (χ3n) is 28.7. The predicted octanol–water partition coefficient (Wildman–Crippen LogP) is 38.9. The fraction of sp³-hybridized carbons (Fsp3) is 0.0735. The Hall–Kier alpha value is -19.6. The van der Waals surface area contributed by atoms with E-state index in [9.17, 15) is 15.8 Å². The monoisotopic (exact) mass is 1930 g/mol. The highest BCUT2D eigenvalue weighted by atomic mass is 28.3. The number of nitrogens with zero attached hydrogens (tertiary/aromatic N) is 12. The van der Waals surface area contributed by atoms with Crippen LogP contribution in [-0.2, 0) is 0 Å². The molecule has 0 saturated carbocycles. The predicted molar refractivity (Wildman–Crippen MR) is 627 cm³/mol. The van der Waals surface area contributed by atoms with Gasteiger partial charge in [0.2, 0.25) is 0 Å². The summed E-state index contributed by atoms with van der Waals surface area (Å²) < 4.78 is 0. The first kappa shape index (κ1) is 94.3. The molecule has 13 heteroatoms. The molecule has 0 aliphatic rings. The van der Waals surface area contributed by atoms with Crippen molar-refractivity contribution in [3.05, 3.63) is 517 Å². The molecule has 149 heavy (non-hydrogen) atoms. The topological polar surface area (TPSA) is 104 Å². The van der Waals surface area contributed by atoms with Crippen LogP contribution in [0.3, 0.4) is 0 Å². The second kappa shape index (κ2) is 39.9. The molecule has 0 heterocycles. The van der Waals surface area contributed by atoms with Gasteiger partial charge in [0.25, 0.3) is 0 Å². The van der Waals surface area contributed by atoms with Crippen molar-refractivity contribution in [2.45, 2.75) is 66.1 Å². The van der Waals surface area contributed by atoms with Crippen molar-refractivity contribution in [1.82, 2.24) is 0 Å². The lowest BCUT2D eigenvalue weighted by atomic mass is 9.91. The van der Waals surface area contributed by atoms with Gasteiger partial charge in [0.1, 0.15) is 0 Å². The van der Waals surface area contributed by atoms with E-state index in [-0.39, 0.29) is 0 Å². The van der Waals surface area contributed by atoms with Crippen molar-refractivity contribution in [2.75, 3.05) is 29.4 Å². The first-order chi connectivity index (χ1) is 72.8. The Morgan fingerprint density at radius 2 is 0.396 bits per heavy atom. The molecule has 0 fully saturated rings. The molecule has 0 amide bonds. The van der Waals surface area contributed by atoms with E-state index < -0.39 is 8.07 Å². The van der Waals surface area contributed by atoms with Crippen molar-refractivity contribution >= 4 is 230 Å². The summed E-state index contributed by atoms with van der Waals surface area (Å²) in [6.07, 6.45) is 0. The largest absolute Gasteiger partial charge is 0.310 e. The van der Waals surface area contributed by atoms with Crippen molar-refractivity contribution < 1.29 is 0 Å². The van der Waals surface area contributed by atoms with E-state index in [0.717, 1.165) is 135 Å². The molecule has 24 aromatic carbocycles. The zero-order chi connectivity index (χ0) is 102. The van der Waals surface area contributed by atoms with E-state index in [1.54, 1.807) is 0 Å². The summed E-state index contributed by atoms with van der Waals surface area (Å²) >= 11 is 0. The van der Waals surface area contributed by atoms with Crippen molar-refractivity contribution in [3.8, 4) is 18.2 Å². The highest BCUT2D eigenvalue weighted by Crippen LogP contribution is 2.54. The smallest absolute Gasteiger partial charge is 0.187 e. The van der Waals surface area contributed by atoms with Gasteiger partial charge in [-0.2, -0.15) is 15.8 Å². The molecule has 0 aliphatic heterocycles. The summed E-state index contributed by atoms with van der Waals surface area (Å²) in [6.45, 7) is 40.6. The van der Waals surface area contributed by atoms with Gasteiger partial charge in [-0.15, -0.1) is 0 Å². The maximum absolute atomic E-state index is 9.57. The third kappa shape index (κ3) is 17.9. The summed E-state index contributed by atoms with van der Waals surface area (Å²) in [5.74, 6) is 0.862. The molecule has 708 valence electrons. The lowest BCUT2D eigenvalue weighted by Crippen LogP contribution is -2.37. The van der Waals surface area contributed by atoms with E-state index in [0.29, 0.717) is 45.6 Å².